The maximum absolute atomic E-state index is 9.10. The van der Waals surface area contributed by atoms with Crippen molar-refractivity contribution in [2.24, 2.45) is 0 Å². The molecule has 0 amide bonds. The molecule has 0 aliphatic carbocycles. The van der Waals surface area contributed by atoms with Crippen LogP contribution in [0.3, 0.4) is 0 Å². The maximum Gasteiger partial charge on any atom is 0.414 e. The van der Waals surface area contributed by atoms with Crippen molar-refractivity contribution in [3.05, 3.63) is 0 Å². The fraction of sp³-hybridized carbons (Fsp3) is 0.833. The molecule has 8 heteroatoms. The standard InChI is InChI=1S/2C5H9NO.C2H2O4/c2*1-2-7-5(1)3-6-4-5;3-1(4)2(5)6/h2*6H,1-4H2;(H,3,4)(H,5,6). The number of carbonyl (C=O) groups is 2. The van der Waals surface area contributed by atoms with E-state index >= 15 is 0 Å². The van der Waals surface area contributed by atoms with E-state index in [9.17, 15) is 0 Å². The first-order valence-corrected chi connectivity index (χ1v) is 6.63. The smallest absolute Gasteiger partial charge is 0.414 e. The van der Waals surface area contributed by atoms with Gasteiger partial charge in [-0.2, -0.15) is 0 Å². The summed E-state index contributed by atoms with van der Waals surface area (Å²) in [4.78, 5) is 18.2. The molecule has 0 saturated carbocycles. The summed E-state index contributed by atoms with van der Waals surface area (Å²) in [6, 6.07) is 0. The maximum atomic E-state index is 9.10. The Morgan fingerprint density at radius 2 is 1.10 bits per heavy atom. The van der Waals surface area contributed by atoms with Crippen LogP contribution in [0.2, 0.25) is 0 Å². The molecule has 4 heterocycles. The van der Waals surface area contributed by atoms with Gasteiger partial charge in [0.05, 0.1) is 24.4 Å². The normalized spacial score (nSPS) is 26.2. The van der Waals surface area contributed by atoms with Gasteiger partial charge in [-0.25, -0.2) is 9.59 Å². The molecule has 20 heavy (non-hydrogen) atoms. The number of hydrogen-bond acceptors (Lipinski definition) is 6. The highest BCUT2D eigenvalue weighted by Gasteiger charge is 2.44. The average Bonchev–Trinajstić information content (AvgIpc) is 2.08. The summed E-state index contributed by atoms with van der Waals surface area (Å²) in [5, 5.41) is 21.1. The van der Waals surface area contributed by atoms with E-state index in [2.05, 4.69) is 10.6 Å². The second-order valence-electron chi connectivity index (χ2n) is 5.38. The van der Waals surface area contributed by atoms with Gasteiger partial charge in [-0.15, -0.1) is 0 Å². The number of rotatable bonds is 0. The Hall–Kier alpha value is -1.22. The van der Waals surface area contributed by atoms with Crippen LogP contribution < -0.4 is 10.6 Å². The second kappa shape index (κ2) is 6.04. The molecule has 4 saturated heterocycles. The number of nitrogens with one attached hydrogen (secondary N) is 2. The van der Waals surface area contributed by atoms with Gasteiger partial charge in [0, 0.05) is 39.0 Å². The van der Waals surface area contributed by atoms with Gasteiger partial charge >= 0.3 is 11.9 Å². The van der Waals surface area contributed by atoms with Gasteiger partial charge in [0.2, 0.25) is 0 Å². The largest absolute Gasteiger partial charge is 0.473 e. The van der Waals surface area contributed by atoms with Crippen molar-refractivity contribution < 1.29 is 29.3 Å². The molecule has 4 aliphatic rings. The highest BCUT2D eigenvalue weighted by molar-refractivity contribution is 6.27. The first-order chi connectivity index (χ1) is 9.47. The minimum absolute atomic E-state index is 0.333. The van der Waals surface area contributed by atoms with Gasteiger partial charge in [0.15, 0.2) is 0 Å². The van der Waals surface area contributed by atoms with E-state index in [1.54, 1.807) is 0 Å². The van der Waals surface area contributed by atoms with Gasteiger partial charge in [-0.1, -0.05) is 0 Å². The highest BCUT2D eigenvalue weighted by Crippen LogP contribution is 2.29. The Balaban J connectivity index is 0.000000111. The predicted molar refractivity (Wildman–Crippen MR) is 67.6 cm³/mol. The average molecular weight is 288 g/mol. The Kier molecular flexibility index (Phi) is 4.59. The summed E-state index contributed by atoms with van der Waals surface area (Å²) in [5.74, 6) is -3.65. The van der Waals surface area contributed by atoms with Crippen LogP contribution in [0.5, 0.6) is 0 Å². The minimum atomic E-state index is -1.82. The number of aliphatic carboxylic acids is 2. The summed E-state index contributed by atoms with van der Waals surface area (Å²) in [6.07, 6.45) is 2.56. The van der Waals surface area contributed by atoms with Crippen LogP contribution in [0.4, 0.5) is 0 Å². The molecule has 4 rings (SSSR count). The molecule has 0 aromatic carbocycles. The van der Waals surface area contributed by atoms with Crippen molar-refractivity contribution in [2.75, 3.05) is 39.4 Å². The molecule has 0 aromatic heterocycles. The van der Waals surface area contributed by atoms with Gasteiger partial charge in [-0.3, -0.25) is 0 Å². The third kappa shape index (κ3) is 3.45. The lowest BCUT2D eigenvalue weighted by molar-refractivity contribution is -0.173. The molecular weight excluding hydrogens is 268 g/mol. The van der Waals surface area contributed by atoms with Crippen LogP contribution in [0.15, 0.2) is 0 Å². The number of carboxylic acids is 2. The van der Waals surface area contributed by atoms with E-state index in [1.165, 1.54) is 12.8 Å². The van der Waals surface area contributed by atoms with Gasteiger partial charge in [0.1, 0.15) is 0 Å². The molecule has 0 radical (unpaired) electrons. The van der Waals surface area contributed by atoms with Crippen molar-refractivity contribution in [3.8, 4) is 0 Å². The highest BCUT2D eigenvalue weighted by atomic mass is 16.5. The van der Waals surface area contributed by atoms with E-state index < -0.39 is 11.9 Å². The fourth-order valence-electron chi connectivity index (χ4n) is 2.15. The van der Waals surface area contributed by atoms with Crippen LogP contribution >= 0.6 is 0 Å². The zero-order chi connectivity index (χ0) is 14.6. The molecule has 0 atom stereocenters. The van der Waals surface area contributed by atoms with Crippen LogP contribution in [0.25, 0.3) is 0 Å². The van der Waals surface area contributed by atoms with Crippen molar-refractivity contribution in [3.63, 3.8) is 0 Å². The summed E-state index contributed by atoms with van der Waals surface area (Å²) < 4.78 is 10.6. The van der Waals surface area contributed by atoms with Gasteiger partial charge < -0.3 is 30.3 Å². The number of carboxylic acid groups (broad SMARTS) is 2. The van der Waals surface area contributed by atoms with E-state index in [0.717, 1.165) is 39.4 Å². The van der Waals surface area contributed by atoms with E-state index in [4.69, 9.17) is 29.3 Å². The van der Waals surface area contributed by atoms with Gasteiger partial charge in [0.25, 0.3) is 0 Å². The Labute approximate surface area is 116 Å². The van der Waals surface area contributed by atoms with Crippen LogP contribution in [-0.2, 0) is 19.1 Å². The Bertz CT molecular complexity index is 303. The molecule has 8 nitrogen and oxygen atoms in total. The van der Waals surface area contributed by atoms with Crippen LogP contribution in [0.1, 0.15) is 12.8 Å². The Morgan fingerprint density at radius 1 is 0.800 bits per heavy atom. The zero-order valence-corrected chi connectivity index (χ0v) is 11.2. The van der Waals surface area contributed by atoms with Crippen LogP contribution in [-0.4, -0.2) is 72.7 Å². The number of ether oxygens (including phenoxy) is 2. The molecule has 2 spiro atoms. The summed E-state index contributed by atoms with van der Waals surface area (Å²) in [6.45, 7) is 6.34. The first kappa shape index (κ1) is 15.2. The molecule has 4 aliphatic heterocycles. The third-order valence-electron chi connectivity index (χ3n) is 3.90. The third-order valence-corrected chi connectivity index (χ3v) is 3.90. The molecule has 0 bridgehead atoms. The zero-order valence-electron chi connectivity index (χ0n) is 11.2. The van der Waals surface area contributed by atoms with E-state index in [0.29, 0.717) is 11.2 Å². The molecule has 0 unspecified atom stereocenters. The Morgan fingerprint density at radius 3 is 1.10 bits per heavy atom. The minimum Gasteiger partial charge on any atom is -0.473 e. The van der Waals surface area contributed by atoms with E-state index in [1.807, 2.05) is 0 Å². The van der Waals surface area contributed by atoms with Crippen LogP contribution in [0, 0.1) is 0 Å². The molecule has 114 valence electrons. The van der Waals surface area contributed by atoms with Gasteiger partial charge in [-0.05, 0) is 0 Å². The summed E-state index contributed by atoms with van der Waals surface area (Å²) >= 11 is 0. The lowest BCUT2D eigenvalue weighted by Gasteiger charge is -2.49. The van der Waals surface area contributed by atoms with Crippen molar-refractivity contribution >= 4 is 11.9 Å². The van der Waals surface area contributed by atoms with Crippen molar-refractivity contribution in [1.82, 2.24) is 10.6 Å². The topological polar surface area (TPSA) is 117 Å². The molecule has 4 fully saturated rings. The van der Waals surface area contributed by atoms with Crippen molar-refractivity contribution in [2.45, 2.75) is 24.0 Å². The molecule has 4 N–H and O–H groups in total. The summed E-state index contributed by atoms with van der Waals surface area (Å²) in [5.41, 5.74) is 0.667. The van der Waals surface area contributed by atoms with Crippen molar-refractivity contribution in [1.29, 1.82) is 0 Å². The lowest BCUT2D eigenvalue weighted by Crippen LogP contribution is -2.66. The lowest BCUT2D eigenvalue weighted by atomic mass is 9.89. The number of hydrogen-bond donors (Lipinski definition) is 4. The predicted octanol–water partition coefficient (Wildman–Crippen LogP) is -1.35. The monoisotopic (exact) mass is 288 g/mol. The second-order valence-corrected chi connectivity index (χ2v) is 5.38. The molecule has 0 aromatic rings. The first-order valence-electron chi connectivity index (χ1n) is 6.63. The SMILES string of the molecule is C1CC2(CNC2)O1.C1CC2(CNC2)O1.O=C(O)C(=O)O. The fourth-order valence-corrected chi connectivity index (χ4v) is 2.15. The van der Waals surface area contributed by atoms with E-state index in [-0.39, 0.29) is 0 Å². The quantitative estimate of drug-likeness (QED) is 0.404. The summed E-state index contributed by atoms with van der Waals surface area (Å²) in [7, 11) is 0. The molecular formula is C12H20N2O6.